The largest absolute Gasteiger partial charge is 0.383 e. The van der Waals surface area contributed by atoms with Crippen molar-refractivity contribution in [1.29, 1.82) is 0 Å². The van der Waals surface area contributed by atoms with Crippen molar-refractivity contribution in [3.05, 3.63) is 46.8 Å². The third-order valence-electron chi connectivity index (χ3n) is 4.87. The van der Waals surface area contributed by atoms with Crippen LogP contribution in [0.3, 0.4) is 0 Å². The minimum Gasteiger partial charge on any atom is -0.383 e. The number of piperazine rings is 1. The lowest BCUT2D eigenvalue weighted by atomic mass is 10.1. The van der Waals surface area contributed by atoms with Gasteiger partial charge in [0.25, 0.3) is 0 Å². The van der Waals surface area contributed by atoms with Crippen molar-refractivity contribution in [3.63, 3.8) is 0 Å². The van der Waals surface area contributed by atoms with Gasteiger partial charge in [-0.15, -0.1) is 11.3 Å². The number of benzene rings is 1. The van der Waals surface area contributed by atoms with Gasteiger partial charge in [-0.25, -0.2) is 9.97 Å². The van der Waals surface area contributed by atoms with Gasteiger partial charge in [-0.1, -0.05) is 41.6 Å². The molecule has 0 aliphatic carbocycles. The first kappa shape index (κ1) is 19.2. The summed E-state index contributed by atoms with van der Waals surface area (Å²) in [5.74, 6) is 0.952. The molecule has 2 N–H and O–H groups in total. The van der Waals surface area contributed by atoms with Crippen LogP contribution in [0.2, 0.25) is 0 Å². The highest BCUT2D eigenvalue weighted by molar-refractivity contribution is 7.99. The molecule has 1 fully saturated rings. The van der Waals surface area contributed by atoms with E-state index < -0.39 is 0 Å². The van der Waals surface area contributed by atoms with Crippen molar-refractivity contribution < 1.29 is 4.79 Å². The second-order valence-electron chi connectivity index (χ2n) is 6.97. The van der Waals surface area contributed by atoms with Crippen LogP contribution in [0.1, 0.15) is 11.1 Å². The summed E-state index contributed by atoms with van der Waals surface area (Å²) in [5.41, 5.74) is 8.59. The number of hydrogen-bond donors (Lipinski definition) is 1. The molecular weight excluding hydrogens is 390 g/mol. The second kappa shape index (κ2) is 8.46. The number of amides is 1. The van der Waals surface area contributed by atoms with E-state index in [1.807, 2.05) is 16.3 Å². The highest BCUT2D eigenvalue weighted by atomic mass is 32.2. The van der Waals surface area contributed by atoms with Gasteiger partial charge in [0.15, 0.2) is 5.16 Å². The average molecular weight is 414 g/mol. The molecule has 1 aliphatic heterocycles. The second-order valence-corrected chi connectivity index (χ2v) is 8.80. The molecule has 8 heteroatoms. The average Bonchev–Trinajstić information content (AvgIpc) is 3.16. The third kappa shape index (κ3) is 4.45. The van der Waals surface area contributed by atoms with Gasteiger partial charge in [0.05, 0.1) is 11.1 Å². The molecule has 1 saturated heterocycles. The Balaban J connectivity index is 1.27. The molecule has 1 aliphatic rings. The van der Waals surface area contributed by atoms with Crippen LogP contribution in [0.25, 0.3) is 10.2 Å². The Hall–Kier alpha value is -2.16. The zero-order valence-corrected chi connectivity index (χ0v) is 17.4. The van der Waals surface area contributed by atoms with E-state index in [0.717, 1.165) is 42.9 Å². The number of rotatable bonds is 5. The monoisotopic (exact) mass is 413 g/mol. The number of carbonyl (C=O) groups is 1. The quantitative estimate of drug-likeness (QED) is 0.512. The number of thioether (sulfide) groups is 1. The Morgan fingerprint density at radius 3 is 2.82 bits per heavy atom. The Labute approximate surface area is 172 Å². The van der Waals surface area contributed by atoms with Gasteiger partial charge in [-0.3, -0.25) is 9.69 Å². The molecular formula is C20H23N5OS2. The van der Waals surface area contributed by atoms with Crippen molar-refractivity contribution >= 4 is 45.0 Å². The van der Waals surface area contributed by atoms with Crippen LogP contribution in [0.5, 0.6) is 0 Å². The lowest BCUT2D eigenvalue weighted by molar-refractivity contribution is -0.130. The van der Waals surface area contributed by atoms with E-state index in [1.165, 1.54) is 34.2 Å². The number of aromatic nitrogens is 2. The van der Waals surface area contributed by atoms with E-state index >= 15 is 0 Å². The Kier molecular flexibility index (Phi) is 5.79. The van der Waals surface area contributed by atoms with Gasteiger partial charge < -0.3 is 10.6 Å². The molecule has 0 saturated carbocycles. The summed E-state index contributed by atoms with van der Waals surface area (Å²) in [5, 5.41) is 3.40. The maximum Gasteiger partial charge on any atom is 0.233 e. The number of aryl methyl sites for hydroxylation is 1. The van der Waals surface area contributed by atoms with Crippen molar-refractivity contribution in [2.45, 2.75) is 18.6 Å². The smallest absolute Gasteiger partial charge is 0.233 e. The van der Waals surface area contributed by atoms with Crippen LogP contribution in [-0.2, 0) is 11.3 Å². The maximum absolute atomic E-state index is 12.6. The molecule has 0 atom stereocenters. The fourth-order valence-electron chi connectivity index (χ4n) is 3.36. The summed E-state index contributed by atoms with van der Waals surface area (Å²) < 4.78 is 0. The molecule has 3 aromatic rings. The SMILES string of the molecule is Cc1cccc(CN2CCN(C(=O)CSc3nc(N)c4ccsc4n3)CC2)c1. The van der Waals surface area contributed by atoms with Crippen molar-refractivity contribution in [1.82, 2.24) is 19.8 Å². The normalized spacial score (nSPS) is 15.2. The van der Waals surface area contributed by atoms with Crippen LogP contribution in [0.4, 0.5) is 5.82 Å². The summed E-state index contributed by atoms with van der Waals surface area (Å²) in [7, 11) is 0. The number of anilines is 1. The van der Waals surface area contributed by atoms with Gasteiger partial charge >= 0.3 is 0 Å². The molecule has 1 amide bonds. The zero-order chi connectivity index (χ0) is 19.5. The summed E-state index contributed by atoms with van der Waals surface area (Å²) in [6.07, 6.45) is 0. The van der Waals surface area contributed by atoms with Crippen molar-refractivity contribution in [3.8, 4) is 0 Å². The first-order chi connectivity index (χ1) is 13.6. The fraction of sp³-hybridized carbons (Fsp3) is 0.350. The highest BCUT2D eigenvalue weighted by Gasteiger charge is 2.21. The summed E-state index contributed by atoms with van der Waals surface area (Å²) in [4.78, 5) is 26.6. The van der Waals surface area contributed by atoms with E-state index in [9.17, 15) is 4.79 Å². The number of hydrogen-bond acceptors (Lipinski definition) is 7. The van der Waals surface area contributed by atoms with Crippen molar-refractivity contribution in [2.24, 2.45) is 0 Å². The van der Waals surface area contributed by atoms with Crippen LogP contribution in [0, 0.1) is 6.92 Å². The van der Waals surface area contributed by atoms with Crippen LogP contribution in [-0.4, -0.2) is 57.6 Å². The topological polar surface area (TPSA) is 75.3 Å². The molecule has 0 radical (unpaired) electrons. The lowest BCUT2D eigenvalue weighted by Crippen LogP contribution is -2.48. The Morgan fingerprint density at radius 1 is 1.21 bits per heavy atom. The molecule has 4 rings (SSSR count). The van der Waals surface area contributed by atoms with Gasteiger partial charge in [-0.05, 0) is 23.9 Å². The number of nitrogens with zero attached hydrogens (tertiary/aromatic N) is 4. The molecule has 2 aromatic heterocycles. The van der Waals surface area contributed by atoms with E-state index in [2.05, 4.69) is 46.1 Å². The van der Waals surface area contributed by atoms with Crippen LogP contribution in [0.15, 0.2) is 40.9 Å². The maximum atomic E-state index is 12.6. The van der Waals surface area contributed by atoms with E-state index in [-0.39, 0.29) is 5.91 Å². The van der Waals surface area contributed by atoms with Gasteiger partial charge in [0.2, 0.25) is 5.91 Å². The molecule has 0 spiro atoms. The molecule has 0 unspecified atom stereocenters. The van der Waals surface area contributed by atoms with Crippen LogP contribution < -0.4 is 5.73 Å². The Bertz CT molecular complexity index is 982. The summed E-state index contributed by atoms with van der Waals surface area (Å²) >= 11 is 2.89. The fourth-order valence-corrected chi connectivity index (χ4v) is 4.95. The van der Waals surface area contributed by atoms with E-state index in [0.29, 0.717) is 16.7 Å². The minimum atomic E-state index is 0.133. The number of fused-ring (bicyclic) bond motifs is 1. The molecule has 6 nitrogen and oxygen atoms in total. The lowest BCUT2D eigenvalue weighted by Gasteiger charge is -2.34. The molecule has 1 aromatic carbocycles. The summed E-state index contributed by atoms with van der Waals surface area (Å²) in [6.45, 7) is 6.37. The third-order valence-corrected chi connectivity index (χ3v) is 6.51. The van der Waals surface area contributed by atoms with Gasteiger partial charge in [-0.2, -0.15) is 0 Å². The zero-order valence-electron chi connectivity index (χ0n) is 15.8. The standard InChI is InChI=1S/C20H23N5OS2/c1-14-3-2-4-15(11-14)12-24-6-8-25(9-7-24)17(26)13-28-20-22-18(21)16-5-10-27-19(16)23-20/h2-5,10-11H,6-9,12-13H2,1H3,(H2,21,22,23). The first-order valence-corrected chi connectivity index (χ1v) is 11.1. The number of carbonyl (C=O) groups excluding carboxylic acids is 1. The summed E-state index contributed by atoms with van der Waals surface area (Å²) in [6, 6.07) is 10.5. The van der Waals surface area contributed by atoms with Crippen LogP contribution >= 0.6 is 23.1 Å². The molecule has 28 heavy (non-hydrogen) atoms. The molecule has 3 heterocycles. The predicted molar refractivity (Wildman–Crippen MR) is 116 cm³/mol. The molecule has 146 valence electrons. The first-order valence-electron chi connectivity index (χ1n) is 9.28. The predicted octanol–water partition coefficient (Wildman–Crippen LogP) is 3.02. The van der Waals surface area contributed by atoms with E-state index in [4.69, 9.17) is 5.73 Å². The minimum absolute atomic E-state index is 0.133. The van der Waals surface area contributed by atoms with Gasteiger partial charge in [0, 0.05) is 32.7 Å². The molecule has 0 bridgehead atoms. The van der Waals surface area contributed by atoms with E-state index in [1.54, 1.807) is 0 Å². The Morgan fingerprint density at radius 2 is 2.04 bits per heavy atom. The number of nitrogens with two attached hydrogens (primary N) is 1. The number of thiophene rings is 1. The highest BCUT2D eigenvalue weighted by Crippen LogP contribution is 2.26. The van der Waals surface area contributed by atoms with Crippen molar-refractivity contribution in [2.75, 3.05) is 37.7 Å². The number of nitrogen functional groups attached to an aromatic ring is 1. The van der Waals surface area contributed by atoms with Gasteiger partial charge in [0.1, 0.15) is 10.6 Å².